The molecule has 27 heavy (non-hydrogen) atoms. The van der Waals surface area contributed by atoms with E-state index in [1.165, 1.54) is 17.7 Å². The van der Waals surface area contributed by atoms with Crippen LogP contribution in [0.15, 0.2) is 42.0 Å². The molecular weight excluding hydrogens is 358 g/mol. The van der Waals surface area contributed by atoms with Crippen LogP contribution in [0.5, 0.6) is 0 Å². The molecule has 2 saturated heterocycles. The van der Waals surface area contributed by atoms with Crippen molar-refractivity contribution < 1.29 is 9.53 Å². The fourth-order valence-corrected chi connectivity index (χ4v) is 5.28. The van der Waals surface area contributed by atoms with Crippen LogP contribution in [0.3, 0.4) is 0 Å². The number of hydrogen-bond donors (Lipinski definition) is 0. The van der Waals surface area contributed by atoms with Crippen molar-refractivity contribution in [2.75, 3.05) is 32.8 Å². The van der Waals surface area contributed by atoms with E-state index in [0.29, 0.717) is 19.1 Å². The molecule has 2 aliphatic heterocycles. The van der Waals surface area contributed by atoms with Crippen LogP contribution in [-0.4, -0.2) is 59.1 Å². The number of hydrogen-bond acceptors (Lipinski definition) is 5. The van der Waals surface area contributed by atoms with Crippen molar-refractivity contribution in [2.45, 2.75) is 30.9 Å². The first-order valence-electron chi connectivity index (χ1n) is 9.82. The van der Waals surface area contributed by atoms with E-state index in [1.807, 2.05) is 12.3 Å². The maximum Gasteiger partial charge on any atom is 0.256 e. The van der Waals surface area contributed by atoms with Crippen molar-refractivity contribution in [2.24, 2.45) is 5.92 Å². The average molecular weight is 384 g/mol. The minimum Gasteiger partial charge on any atom is -0.361 e. The largest absolute Gasteiger partial charge is 0.361 e. The predicted molar refractivity (Wildman–Crippen MR) is 105 cm³/mol. The third kappa shape index (κ3) is 3.30. The Kier molecular flexibility index (Phi) is 4.50. The van der Waals surface area contributed by atoms with E-state index < -0.39 is 5.60 Å². The van der Waals surface area contributed by atoms with E-state index in [2.05, 4.69) is 38.4 Å². The fraction of sp³-hybridized carbons (Fsp3) is 0.524. The number of thiophene rings is 1. The highest BCUT2D eigenvalue weighted by atomic mass is 32.1. The van der Waals surface area contributed by atoms with Gasteiger partial charge in [-0.05, 0) is 41.8 Å². The number of carbonyl (C=O) groups excluding carboxylic acids is 1. The van der Waals surface area contributed by atoms with Gasteiger partial charge < -0.3 is 9.64 Å². The average Bonchev–Trinajstić information content (AvgIpc) is 3.22. The van der Waals surface area contributed by atoms with E-state index in [9.17, 15) is 4.79 Å². The van der Waals surface area contributed by atoms with E-state index in [0.717, 1.165) is 31.7 Å². The summed E-state index contributed by atoms with van der Waals surface area (Å²) in [6.45, 7) is 4.60. The molecule has 0 N–H and O–H groups in total. The van der Waals surface area contributed by atoms with Gasteiger partial charge in [0.05, 0.1) is 6.61 Å². The van der Waals surface area contributed by atoms with Gasteiger partial charge in [-0.2, -0.15) is 0 Å². The number of aromatic nitrogens is 1. The highest BCUT2D eigenvalue weighted by Crippen LogP contribution is 2.43. The van der Waals surface area contributed by atoms with E-state index in [4.69, 9.17) is 4.74 Å². The lowest BCUT2D eigenvalue weighted by Crippen LogP contribution is -2.60. The maximum absolute atomic E-state index is 13.6. The molecule has 2 aromatic rings. The lowest BCUT2D eigenvalue weighted by molar-refractivity contribution is -0.172. The summed E-state index contributed by atoms with van der Waals surface area (Å²) in [6, 6.07) is 8.30. The fourth-order valence-electron chi connectivity index (χ4n) is 4.53. The molecule has 2 aromatic heterocycles. The van der Waals surface area contributed by atoms with Gasteiger partial charge in [-0.1, -0.05) is 12.1 Å². The predicted octanol–water partition coefficient (Wildman–Crippen LogP) is 2.75. The van der Waals surface area contributed by atoms with Crippen LogP contribution in [0.4, 0.5) is 0 Å². The minimum atomic E-state index is -0.770. The van der Waals surface area contributed by atoms with Crippen LogP contribution >= 0.6 is 11.3 Å². The van der Waals surface area contributed by atoms with Crippen molar-refractivity contribution in [1.82, 2.24) is 14.8 Å². The van der Waals surface area contributed by atoms with Crippen molar-refractivity contribution >= 4 is 17.2 Å². The topological polar surface area (TPSA) is 45.7 Å². The summed E-state index contributed by atoms with van der Waals surface area (Å²) < 4.78 is 6.33. The summed E-state index contributed by atoms with van der Waals surface area (Å²) in [4.78, 5) is 23.7. The summed E-state index contributed by atoms with van der Waals surface area (Å²) in [5.41, 5.74) is 0.334. The molecule has 4 heterocycles. The lowest BCUT2D eigenvalue weighted by Gasteiger charge is -2.42. The Bertz CT molecular complexity index is 793. The van der Waals surface area contributed by atoms with Crippen molar-refractivity contribution in [3.63, 3.8) is 0 Å². The Morgan fingerprint density at radius 1 is 1.30 bits per heavy atom. The Balaban J connectivity index is 1.45. The van der Waals surface area contributed by atoms with Crippen molar-refractivity contribution in [1.29, 1.82) is 0 Å². The molecule has 5 rings (SSSR count). The SMILES string of the molecule is O=C1N(CC2CC2)CCO[C@]12CN(Cc1cccs1)C[C@H]2c1cccnc1. The quantitative estimate of drug-likeness (QED) is 0.797. The highest BCUT2D eigenvalue weighted by molar-refractivity contribution is 7.09. The van der Waals surface area contributed by atoms with Crippen LogP contribution in [0.25, 0.3) is 0 Å². The lowest BCUT2D eigenvalue weighted by atomic mass is 9.83. The standard InChI is InChI=1S/C21H25N3O2S/c25-20-21(26-9-8-24(20)12-16-5-6-16)15-23(13-18-4-2-10-27-18)14-19(21)17-3-1-7-22-11-17/h1-4,7,10-11,16,19H,5-6,8-9,12-15H2/t19-,21-/m0/s1. The van der Waals surface area contributed by atoms with Crippen LogP contribution in [0.2, 0.25) is 0 Å². The third-order valence-corrected chi connectivity index (χ3v) is 6.92. The molecule has 3 fully saturated rings. The van der Waals surface area contributed by atoms with Crippen molar-refractivity contribution in [3.05, 3.63) is 52.5 Å². The second-order valence-corrected chi connectivity index (χ2v) is 9.05. The molecule has 3 aliphatic rings. The minimum absolute atomic E-state index is 0.0284. The highest BCUT2D eigenvalue weighted by Gasteiger charge is 2.57. The normalized spacial score (nSPS) is 29.0. The van der Waals surface area contributed by atoms with E-state index >= 15 is 0 Å². The molecule has 142 valence electrons. The summed E-state index contributed by atoms with van der Waals surface area (Å²) in [5.74, 6) is 0.911. The first kappa shape index (κ1) is 17.3. The molecule has 1 amide bonds. The number of morpholine rings is 1. The number of pyridine rings is 1. The summed E-state index contributed by atoms with van der Waals surface area (Å²) in [5, 5.41) is 2.11. The zero-order valence-corrected chi connectivity index (χ0v) is 16.2. The molecule has 6 heteroatoms. The summed E-state index contributed by atoms with van der Waals surface area (Å²) >= 11 is 1.77. The molecule has 0 radical (unpaired) electrons. The third-order valence-electron chi connectivity index (χ3n) is 6.05. The van der Waals surface area contributed by atoms with Crippen LogP contribution in [0.1, 0.15) is 29.2 Å². The van der Waals surface area contributed by atoms with Gasteiger partial charge in [0.25, 0.3) is 5.91 Å². The second-order valence-electron chi connectivity index (χ2n) is 8.02. The maximum atomic E-state index is 13.6. The zero-order chi connectivity index (χ0) is 18.3. The summed E-state index contributed by atoms with van der Waals surface area (Å²) in [6.07, 6.45) is 6.21. The number of ether oxygens (including phenoxy) is 1. The number of rotatable bonds is 5. The van der Waals surface area contributed by atoms with Gasteiger partial charge >= 0.3 is 0 Å². The van der Waals surface area contributed by atoms with Crippen LogP contribution < -0.4 is 0 Å². The van der Waals surface area contributed by atoms with E-state index in [1.54, 1.807) is 17.5 Å². The molecule has 1 saturated carbocycles. The van der Waals surface area contributed by atoms with Gasteiger partial charge in [-0.3, -0.25) is 14.7 Å². The van der Waals surface area contributed by atoms with Gasteiger partial charge in [0.2, 0.25) is 0 Å². The smallest absolute Gasteiger partial charge is 0.256 e. The van der Waals surface area contributed by atoms with Gasteiger partial charge in [0.1, 0.15) is 0 Å². The number of amides is 1. The Morgan fingerprint density at radius 2 is 2.22 bits per heavy atom. The number of carbonyl (C=O) groups is 1. The Labute approximate surface area is 164 Å². The van der Waals surface area contributed by atoms with Gasteiger partial charge in [0, 0.05) is 55.9 Å². The molecule has 1 aliphatic carbocycles. The van der Waals surface area contributed by atoms with Crippen LogP contribution in [-0.2, 0) is 16.1 Å². The second kappa shape index (κ2) is 7.00. The van der Waals surface area contributed by atoms with Crippen LogP contribution in [0, 0.1) is 5.92 Å². The molecule has 1 spiro atoms. The first-order chi connectivity index (χ1) is 13.2. The monoisotopic (exact) mass is 383 g/mol. The Hall–Kier alpha value is -1.76. The first-order valence-corrected chi connectivity index (χ1v) is 10.7. The molecular formula is C21H25N3O2S. The molecule has 0 unspecified atom stereocenters. The summed E-state index contributed by atoms with van der Waals surface area (Å²) in [7, 11) is 0. The molecule has 0 aromatic carbocycles. The Morgan fingerprint density at radius 3 is 2.96 bits per heavy atom. The van der Waals surface area contributed by atoms with Gasteiger partial charge in [-0.15, -0.1) is 11.3 Å². The molecule has 2 atom stereocenters. The van der Waals surface area contributed by atoms with E-state index in [-0.39, 0.29) is 11.8 Å². The zero-order valence-electron chi connectivity index (χ0n) is 15.4. The van der Waals surface area contributed by atoms with Gasteiger partial charge in [-0.25, -0.2) is 0 Å². The number of nitrogens with zero attached hydrogens (tertiary/aromatic N) is 3. The van der Waals surface area contributed by atoms with Gasteiger partial charge in [0.15, 0.2) is 5.60 Å². The van der Waals surface area contributed by atoms with Crippen molar-refractivity contribution in [3.8, 4) is 0 Å². The molecule has 0 bridgehead atoms. The number of likely N-dealkylation sites (tertiary alicyclic amines) is 1. The molecule has 5 nitrogen and oxygen atoms in total.